The van der Waals surface area contributed by atoms with Crippen LogP contribution in [0.5, 0.6) is 5.75 Å². The fourth-order valence-electron chi connectivity index (χ4n) is 3.83. The van der Waals surface area contributed by atoms with Crippen molar-refractivity contribution in [1.82, 2.24) is 9.97 Å². The molecule has 1 N–H and O–H groups in total. The molecule has 2 aromatic heterocycles. The minimum atomic E-state index is 0.901. The minimum Gasteiger partial charge on any atom is -0.497 e. The summed E-state index contributed by atoms with van der Waals surface area (Å²) in [6, 6.07) is 12.9. The second-order valence-corrected chi connectivity index (χ2v) is 8.22. The van der Waals surface area contributed by atoms with Gasteiger partial charge in [0.25, 0.3) is 0 Å². The Hall–Kier alpha value is -2.73. The van der Waals surface area contributed by atoms with Gasteiger partial charge in [0.15, 0.2) is 5.13 Å². The average molecular weight is 379 g/mol. The lowest BCUT2D eigenvalue weighted by molar-refractivity contribution is 0.415. The van der Waals surface area contributed by atoms with E-state index in [4.69, 9.17) is 9.72 Å². The number of aromatic nitrogens is 2. The molecule has 0 saturated heterocycles. The SMILES string of the molecule is COc1ccc2[nH]c3c(c2c1)CN(c1ccc2sc(N(C)C)nc2c1)CC3. The molecule has 138 valence electrons. The summed E-state index contributed by atoms with van der Waals surface area (Å²) in [5.41, 5.74) is 6.23. The first-order valence-corrected chi connectivity index (χ1v) is 9.94. The zero-order valence-corrected chi connectivity index (χ0v) is 16.6. The lowest BCUT2D eigenvalue weighted by Gasteiger charge is -2.29. The Labute approximate surface area is 162 Å². The molecule has 0 saturated carbocycles. The number of fused-ring (bicyclic) bond motifs is 4. The van der Waals surface area contributed by atoms with Gasteiger partial charge in [-0.1, -0.05) is 11.3 Å². The number of anilines is 2. The number of hydrogen-bond acceptors (Lipinski definition) is 5. The molecule has 2 aromatic carbocycles. The lowest BCUT2D eigenvalue weighted by Crippen LogP contribution is -2.29. The van der Waals surface area contributed by atoms with Gasteiger partial charge in [-0.15, -0.1) is 0 Å². The average Bonchev–Trinajstić information content (AvgIpc) is 3.27. The second-order valence-electron chi connectivity index (χ2n) is 7.21. The van der Waals surface area contributed by atoms with Crippen LogP contribution in [0.25, 0.3) is 21.1 Å². The first-order chi connectivity index (χ1) is 13.1. The normalized spacial score (nSPS) is 14.0. The van der Waals surface area contributed by atoms with Crippen LogP contribution in [0.1, 0.15) is 11.3 Å². The van der Waals surface area contributed by atoms with E-state index in [1.54, 1.807) is 18.4 Å². The molecule has 0 spiro atoms. The number of thiazole rings is 1. The van der Waals surface area contributed by atoms with Crippen molar-refractivity contribution < 1.29 is 4.74 Å². The highest BCUT2D eigenvalue weighted by Gasteiger charge is 2.22. The van der Waals surface area contributed by atoms with Crippen molar-refractivity contribution in [2.24, 2.45) is 0 Å². The molecule has 0 unspecified atom stereocenters. The highest BCUT2D eigenvalue weighted by Crippen LogP contribution is 2.35. The van der Waals surface area contributed by atoms with Crippen LogP contribution < -0.4 is 14.5 Å². The molecule has 3 heterocycles. The maximum absolute atomic E-state index is 5.43. The van der Waals surface area contributed by atoms with Gasteiger partial charge < -0.3 is 19.5 Å². The molecule has 1 aliphatic heterocycles. The summed E-state index contributed by atoms with van der Waals surface area (Å²) >= 11 is 1.73. The molecular weight excluding hydrogens is 356 g/mol. The fourth-order valence-corrected chi connectivity index (χ4v) is 4.70. The highest BCUT2D eigenvalue weighted by atomic mass is 32.1. The number of nitrogens with zero attached hydrogens (tertiary/aromatic N) is 3. The van der Waals surface area contributed by atoms with Crippen LogP contribution in [0.3, 0.4) is 0 Å². The van der Waals surface area contributed by atoms with E-state index in [2.05, 4.69) is 45.1 Å². The summed E-state index contributed by atoms with van der Waals surface area (Å²) in [6.45, 7) is 1.91. The van der Waals surface area contributed by atoms with Crippen molar-refractivity contribution in [3.05, 3.63) is 47.7 Å². The molecule has 0 fully saturated rings. The molecule has 27 heavy (non-hydrogen) atoms. The highest BCUT2D eigenvalue weighted by molar-refractivity contribution is 7.22. The molecular formula is C21H22N4OS. The smallest absolute Gasteiger partial charge is 0.185 e. The Morgan fingerprint density at radius 3 is 2.89 bits per heavy atom. The van der Waals surface area contributed by atoms with Crippen molar-refractivity contribution in [2.45, 2.75) is 13.0 Å². The van der Waals surface area contributed by atoms with E-state index in [0.717, 1.165) is 35.9 Å². The zero-order valence-electron chi connectivity index (χ0n) is 15.7. The van der Waals surface area contributed by atoms with Crippen molar-refractivity contribution in [3.8, 4) is 5.75 Å². The predicted octanol–water partition coefficient (Wildman–Crippen LogP) is 4.41. The maximum atomic E-state index is 5.43. The van der Waals surface area contributed by atoms with Crippen LogP contribution in [-0.2, 0) is 13.0 Å². The number of hydrogen-bond donors (Lipinski definition) is 1. The van der Waals surface area contributed by atoms with Crippen LogP contribution in [0.4, 0.5) is 10.8 Å². The molecule has 4 aromatic rings. The van der Waals surface area contributed by atoms with Gasteiger partial charge >= 0.3 is 0 Å². The van der Waals surface area contributed by atoms with Crippen molar-refractivity contribution in [1.29, 1.82) is 0 Å². The van der Waals surface area contributed by atoms with Crippen molar-refractivity contribution in [3.63, 3.8) is 0 Å². The van der Waals surface area contributed by atoms with Crippen LogP contribution in [0.15, 0.2) is 36.4 Å². The van der Waals surface area contributed by atoms with Gasteiger partial charge in [-0.2, -0.15) is 0 Å². The van der Waals surface area contributed by atoms with Crippen LogP contribution in [-0.4, -0.2) is 37.7 Å². The lowest BCUT2D eigenvalue weighted by atomic mass is 10.0. The van der Waals surface area contributed by atoms with Crippen LogP contribution in [0.2, 0.25) is 0 Å². The summed E-state index contributed by atoms with van der Waals surface area (Å²) in [5.74, 6) is 0.904. The molecule has 0 radical (unpaired) electrons. The third-order valence-corrected chi connectivity index (χ3v) is 6.49. The molecule has 0 amide bonds. The van der Waals surface area contributed by atoms with Gasteiger partial charge in [-0.05, 0) is 36.4 Å². The maximum Gasteiger partial charge on any atom is 0.185 e. The van der Waals surface area contributed by atoms with Crippen LogP contribution in [0, 0.1) is 0 Å². The van der Waals surface area contributed by atoms with E-state index in [9.17, 15) is 0 Å². The van der Waals surface area contributed by atoms with Gasteiger partial charge in [0.1, 0.15) is 5.75 Å². The van der Waals surface area contributed by atoms with Gasteiger partial charge in [0.05, 0.1) is 17.3 Å². The largest absolute Gasteiger partial charge is 0.497 e. The van der Waals surface area contributed by atoms with E-state index in [1.165, 1.54) is 32.5 Å². The number of aromatic amines is 1. The minimum absolute atomic E-state index is 0.901. The van der Waals surface area contributed by atoms with Gasteiger partial charge in [-0.3, -0.25) is 0 Å². The third kappa shape index (κ3) is 2.72. The van der Waals surface area contributed by atoms with Crippen molar-refractivity contribution in [2.75, 3.05) is 37.5 Å². The Bertz CT molecular complexity index is 1140. The molecule has 0 atom stereocenters. The fraction of sp³-hybridized carbons (Fsp3) is 0.286. The Morgan fingerprint density at radius 1 is 1.19 bits per heavy atom. The summed E-state index contributed by atoms with van der Waals surface area (Å²) < 4.78 is 6.66. The van der Waals surface area contributed by atoms with Gasteiger partial charge in [-0.25, -0.2) is 4.98 Å². The monoisotopic (exact) mass is 378 g/mol. The molecule has 6 heteroatoms. The predicted molar refractivity (Wildman–Crippen MR) is 114 cm³/mol. The molecule has 5 rings (SSSR count). The Balaban J connectivity index is 1.52. The van der Waals surface area contributed by atoms with E-state index < -0.39 is 0 Å². The van der Waals surface area contributed by atoms with Gasteiger partial charge in [0, 0.05) is 61.5 Å². The molecule has 0 aliphatic carbocycles. The summed E-state index contributed by atoms with van der Waals surface area (Å²) in [7, 11) is 5.80. The van der Waals surface area contributed by atoms with E-state index in [-0.39, 0.29) is 0 Å². The Morgan fingerprint density at radius 2 is 2.07 bits per heavy atom. The number of benzene rings is 2. The van der Waals surface area contributed by atoms with Crippen LogP contribution >= 0.6 is 11.3 Å². The van der Waals surface area contributed by atoms with Crippen molar-refractivity contribution >= 4 is 43.3 Å². The zero-order chi connectivity index (χ0) is 18.5. The first-order valence-electron chi connectivity index (χ1n) is 9.13. The number of nitrogens with one attached hydrogen (secondary N) is 1. The van der Waals surface area contributed by atoms with E-state index in [1.807, 2.05) is 20.2 Å². The number of ether oxygens (including phenoxy) is 1. The summed E-state index contributed by atoms with van der Waals surface area (Å²) in [4.78, 5) is 12.9. The number of methoxy groups -OCH3 is 1. The Kier molecular flexibility index (Phi) is 3.75. The van der Waals surface area contributed by atoms with Gasteiger partial charge in [0.2, 0.25) is 0 Å². The molecule has 5 nitrogen and oxygen atoms in total. The third-order valence-electron chi connectivity index (χ3n) is 5.29. The van der Waals surface area contributed by atoms with E-state index in [0.29, 0.717) is 0 Å². The standard InChI is InChI=1S/C21H22N4OS/c1-24(2)21-23-19-10-13(4-7-20(19)27-21)25-9-8-18-16(12-25)15-11-14(26-3)5-6-17(15)22-18/h4-7,10-11,22H,8-9,12H2,1-3H3. The quantitative estimate of drug-likeness (QED) is 0.573. The molecule has 1 aliphatic rings. The van der Waals surface area contributed by atoms with E-state index >= 15 is 0 Å². The number of rotatable bonds is 3. The first kappa shape index (κ1) is 16.4. The second kappa shape index (κ2) is 6.16. The topological polar surface area (TPSA) is 44.4 Å². The number of H-pyrrole nitrogens is 1. The summed E-state index contributed by atoms with van der Waals surface area (Å²) in [5, 5.41) is 2.31. The summed E-state index contributed by atoms with van der Waals surface area (Å²) in [6.07, 6.45) is 1.02. The molecule has 0 bridgehead atoms.